The first-order valence-corrected chi connectivity index (χ1v) is 10.6. The van der Waals surface area contributed by atoms with Crippen molar-refractivity contribution < 1.29 is 27.3 Å². The minimum Gasteiger partial charge on any atom is -0.511 e. The van der Waals surface area contributed by atoms with Gasteiger partial charge >= 0.3 is 17.1 Å². The third kappa shape index (κ3) is 23.3. The SMILES string of the molecule is CCC(C)O.CCC(C)O.CCCN1C=CN(C)[CH-]1.CCCN1C=CN(C)[CH-]1.[Mn+2]. The zero-order chi connectivity index (χ0) is 21.9. The van der Waals surface area contributed by atoms with Gasteiger partial charge in [0, 0.05) is 0 Å². The average molecular weight is 454 g/mol. The van der Waals surface area contributed by atoms with Crippen LogP contribution in [0.2, 0.25) is 0 Å². The standard InChI is InChI=1S/2C7H13N2.2C4H10O.Mn/c2*1-3-4-9-6-5-8(2)7-9;2*1-3-4(2)5;/h2*5-7H,3-4H2,1-2H3;2*4-5H,3H2,1-2H3;/q2*-1;;;+2. The smallest absolute Gasteiger partial charge is 0.511 e. The molecule has 0 fully saturated rings. The molecule has 2 heterocycles. The molecule has 6 nitrogen and oxygen atoms in total. The molecule has 0 aromatic rings. The molecule has 2 N–H and O–H groups in total. The van der Waals surface area contributed by atoms with Gasteiger partial charge in [0.1, 0.15) is 0 Å². The Hall–Kier alpha value is -0.881. The zero-order valence-corrected chi connectivity index (χ0v) is 21.1. The predicted molar refractivity (Wildman–Crippen MR) is 120 cm³/mol. The molecule has 2 aliphatic rings. The molecule has 2 aliphatic heterocycles. The van der Waals surface area contributed by atoms with Gasteiger partial charge in [-0.1, -0.05) is 27.7 Å². The van der Waals surface area contributed by atoms with Crippen LogP contribution in [0, 0.1) is 13.3 Å². The summed E-state index contributed by atoms with van der Waals surface area (Å²) in [4.78, 5) is 8.46. The van der Waals surface area contributed by atoms with E-state index < -0.39 is 0 Å². The second-order valence-electron chi connectivity index (χ2n) is 7.15. The number of nitrogens with zero attached hydrogens (tertiary/aromatic N) is 4. The predicted octanol–water partition coefficient (Wildman–Crippen LogP) is 4.02. The first kappa shape index (κ1) is 32.8. The summed E-state index contributed by atoms with van der Waals surface area (Å²) in [5.74, 6) is 0. The molecule has 0 aliphatic carbocycles. The van der Waals surface area contributed by atoms with E-state index in [1.54, 1.807) is 13.8 Å². The summed E-state index contributed by atoms with van der Waals surface area (Å²) in [5.41, 5.74) is 0. The summed E-state index contributed by atoms with van der Waals surface area (Å²) in [6.07, 6.45) is 12.2. The molecule has 0 aromatic heterocycles. The molecule has 0 aromatic carbocycles. The Morgan fingerprint density at radius 1 is 0.690 bits per heavy atom. The maximum absolute atomic E-state index is 8.36. The summed E-state index contributed by atoms with van der Waals surface area (Å²) < 4.78 is 0. The van der Waals surface area contributed by atoms with Crippen molar-refractivity contribution >= 4 is 0 Å². The van der Waals surface area contributed by atoms with Gasteiger partial charge in [0.2, 0.25) is 0 Å². The van der Waals surface area contributed by atoms with Crippen LogP contribution in [-0.4, -0.2) is 69.2 Å². The average Bonchev–Trinajstić information content (AvgIpc) is 3.25. The van der Waals surface area contributed by atoms with Gasteiger partial charge in [-0.25, -0.2) is 0 Å². The van der Waals surface area contributed by atoms with Gasteiger partial charge in [-0.15, -0.1) is 0 Å². The summed E-state index contributed by atoms with van der Waals surface area (Å²) in [6.45, 7) is 18.2. The van der Waals surface area contributed by atoms with E-state index in [2.05, 4.69) is 71.6 Å². The number of aliphatic hydroxyl groups excluding tert-OH is 2. The molecule has 2 atom stereocenters. The Balaban J connectivity index is -0.000000321. The van der Waals surface area contributed by atoms with Crippen LogP contribution in [0.5, 0.6) is 0 Å². The third-order valence-electron chi connectivity index (χ3n) is 3.79. The quantitative estimate of drug-likeness (QED) is 0.468. The number of hydrogen-bond donors (Lipinski definition) is 2. The molecule has 0 saturated carbocycles. The number of hydrogen-bond acceptors (Lipinski definition) is 6. The van der Waals surface area contributed by atoms with E-state index in [0.29, 0.717) is 0 Å². The van der Waals surface area contributed by atoms with E-state index in [-0.39, 0.29) is 29.3 Å². The molecule has 0 amide bonds. The minimum absolute atomic E-state index is 0. The summed E-state index contributed by atoms with van der Waals surface area (Å²) >= 11 is 0. The van der Waals surface area contributed by atoms with Crippen molar-refractivity contribution in [2.75, 3.05) is 27.2 Å². The van der Waals surface area contributed by atoms with Crippen molar-refractivity contribution in [3.63, 3.8) is 0 Å². The molecule has 2 unspecified atom stereocenters. The van der Waals surface area contributed by atoms with Crippen molar-refractivity contribution in [1.82, 2.24) is 19.6 Å². The van der Waals surface area contributed by atoms with Gasteiger partial charge in [-0.2, -0.15) is 13.3 Å². The van der Waals surface area contributed by atoms with Gasteiger partial charge in [0.25, 0.3) is 0 Å². The fourth-order valence-electron chi connectivity index (χ4n) is 1.78. The van der Waals surface area contributed by atoms with Crippen LogP contribution in [-0.2, 0) is 17.1 Å². The van der Waals surface area contributed by atoms with Crippen molar-refractivity contribution in [2.45, 2.75) is 79.4 Å². The van der Waals surface area contributed by atoms with Crippen LogP contribution in [0.25, 0.3) is 0 Å². The Labute approximate surface area is 191 Å². The number of aliphatic hydroxyl groups is 2. The van der Waals surface area contributed by atoms with Crippen molar-refractivity contribution in [2.24, 2.45) is 0 Å². The van der Waals surface area contributed by atoms with Crippen LogP contribution in [0.4, 0.5) is 0 Å². The second kappa shape index (κ2) is 21.8. The van der Waals surface area contributed by atoms with Crippen LogP contribution in [0.15, 0.2) is 24.8 Å². The zero-order valence-electron chi connectivity index (χ0n) is 19.9. The molecule has 173 valence electrons. The van der Waals surface area contributed by atoms with E-state index >= 15 is 0 Å². The van der Waals surface area contributed by atoms with Gasteiger partial charge in [-0.05, 0) is 91.5 Å². The van der Waals surface area contributed by atoms with Crippen LogP contribution < -0.4 is 0 Å². The molecule has 7 heteroatoms. The topological polar surface area (TPSA) is 53.4 Å². The molecular formula is C22H46MnN4O2. The van der Waals surface area contributed by atoms with Crippen molar-refractivity contribution in [3.05, 3.63) is 38.1 Å². The maximum Gasteiger partial charge on any atom is 2.00 e. The van der Waals surface area contributed by atoms with Crippen molar-refractivity contribution in [3.8, 4) is 0 Å². The van der Waals surface area contributed by atoms with E-state index in [4.69, 9.17) is 10.2 Å². The van der Waals surface area contributed by atoms with E-state index in [1.807, 2.05) is 27.9 Å². The fraction of sp³-hybridized carbons (Fsp3) is 0.727. The first-order valence-electron chi connectivity index (χ1n) is 10.6. The van der Waals surface area contributed by atoms with Crippen LogP contribution in [0.1, 0.15) is 67.2 Å². The largest absolute Gasteiger partial charge is 2.00 e. The summed E-state index contributed by atoms with van der Waals surface area (Å²) in [7, 11) is 4.07. The Morgan fingerprint density at radius 3 is 1.10 bits per heavy atom. The molecule has 29 heavy (non-hydrogen) atoms. The van der Waals surface area contributed by atoms with Crippen molar-refractivity contribution in [1.29, 1.82) is 0 Å². The Bertz CT molecular complexity index is 357. The number of rotatable bonds is 6. The van der Waals surface area contributed by atoms with Gasteiger partial charge in [0.15, 0.2) is 0 Å². The summed E-state index contributed by atoms with van der Waals surface area (Å²) in [5, 5.41) is 16.7. The van der Waals surface area contributed by atoms with Gasteiger partial charge in [-0.3, -0.25) is 0 Å². The molecule has 0 spiro atoms. The Morgan fingerprint density at radius 2 is 0.966 bits per heavy atom. The second-order valence-corrected chi connectivity index (χ2v) is 7.15. The third-order valence-corrected chi connectivity index (χ3v) is 3.79. The molecule has 0 saturated heterocycles. The minimum atomic E-state index is -0.116. The normalized spacial score (nSPS) is 16.1. The van der Waals surface area contributed by atoms with Crippen LogP contribution in [0.3, 0.4) is 0 Å². The molecule has 1 radical (unpaired) electrons. The van der Waals surface area contributed by atoms with E-state index in [9.17, 15) is 0 Å². The first-order chi connectivity index (χ1) is 13.2. The Kier molecular flexibility index (Phi) is 24.7. The molecule has 0 bridgehead atoms. The fourth-order valence-corrected chi connectivity index (χ4v) is 1.78. The summed E-state index contributed by atoms with van der Waals surface area (Å²) in [6, 6.07) is 0. The van der Waals surface area contributed by atoms with Gasteiger partial charge in [0.05, 0.1) is 12.2 Å². The monoisotopic (exact) mass is 453 g/mol. The van der Waals surface area contributed by atoms with Gasteiger partial charge < -0.3 is 29.8 Å². The molecular weight excluding hydrogens is 407 g/mol. The van der Waals surface area contributed by atoms with E-state index in [0.717, 1.165) is 25.9 Å². The maximum atomic E-state index is 8.36. The van der Waals surface area contributed by atoms with E-state index in [1.165, 1.54) is 12.8 Å². The van der Waals surface area contributed by atoms with Crippen LogP contribution >= 0.6 is 0 Å². The molecule has 2 rings (SSSR count).